The Bertz CT molecular complexity index is 1030. The molecule has 142 valence electrons. The van der Waals surface area contributed by atoms with E-state index in [0.717, 1.165) is 28.0 Å². The molecular weight excluding hydrogens is 348 g/mol. The van der Waals surface area contributed by atoms with Crippen molar-refractivity contribution in [2.45, 2.75) is 12.1 Å². The van der Waals surface area contributed by atoms with Crippen LogP contribution in [0.4, 0.5) is 0 Å². The Hall–Kier alpha value is -3.08. The quantitative estimate of drug-likeness (QED) is 0.498. The molecule has 0 aliphatic rings. The van der Waals surface area contributed by atoms with Gasteiger partial charge in [-0.25, -0.2) is 0 Å². The van der Waals surface area contributed by atoms with Gasteiger partial charge in [-0.3, -0.25) is 0 Å². The SMILES string of the molecule is CNC[C@@H](O)[C@H](c1ccccc1)n1ccc2cccc(Oc3ccccc3)c21. The Labute approximate surface area is 165 Å². The summed E-state index contributed by atoms with van der Waals surface area (Å²) in [7, 11) is 1.85. The van der Waals surface area contributed by atoms with Crippen molar-refractivity contribution in [2.75, 3.05) is 13.6 Å². The summed E-state index contributed by atoms with van der Waals surface area (Å²) in [4.78, 5) is 0. The molecule has 0 aliphatic heterocycles. The summed E-state index contributed by atoms with van der Waals surface area (Å²) in [6.45, 7) is 0.487. The summed E-state index contributed by atoms with van der Waals surface area (Å²) in [6.07, 6.45) is 1.44. The summed E-state index contributed by atoms with van der Waals surface area (Å²) in [5, 5.41) is 15.1. The number of para-hydroxylation sites is 2. The second-order valence-electron chi connectivity index (χ2n) is 6.81. The maximum absolute atomic E-state index is 11.0. The lowest BCUT2D eigenvalue weighted by molar-refractivity contribution is 0.132. The summed E-state index contributed by atoms with van der Waals surface area (Å²) in [5.41, 5.74) is 2.02. The van der Waals surface area contributed by atoms with Crippen molar-refractivity contribution in [3.63, 3.8) is 0 Å². The molecule has 28 heavy (non-hydrogen) atoms. The van der Waals surface area contributed by atoms with Crippen LogP contribution in [0.25, 0.3) is 10.9 Å². The number of rotatable bonds is 7. The van der Waals surface area contributed by atoms with E-state index in [1.54, 1.807) is 0 Å². The Kier molecular flexibility index (Phi) is 5.42. The third-order valence-corrected chi connectivity index (χ3v) is 4.89. The van der Waals surface area contributed by atoms with Gasteiger partial charge in [-0.1, -0.05) is 60.7 Å². The number of aliphatic hydroxyl groups is 1. The fraction of sp³-hybridized carbons (Fsp3) is 0.167. The van der Waals surface area contributed by atoms with Gasteiger partial charge in [-0.2, -0.15) is 0 Å². The summed E-state index contributed by atoms with van der Waals surface area (Å²) in [6, 6.07) is 27.7. The number of hydrogen-bond donors (Lipinski definition) is 2. The molecule has 3 aromatic carbocycles. The highest BCUT2D eigenvalue weighted by Crippen LogP contribution is 2.35. The van der Waals surface area contributed by atoms with Crippen LogP contribution < -0.4 is 10.1 Å². The maximum Gasteiger partial charge on any atom is 0.151 e. The van der Waals surface area contributed by atoms with Gasteiger partial charge < -0.3 is 19.7 Å². The molecule has 0 saturated heterocycles. The first-order valence-electron chi connectivity index (χ1n) is 9.48. The first-order chi connectivity index (χ1) is 13.8. The zero-order chi connectivity index (χ0) is 19.3. The van der Waals surface area contributed by atoms with Gasteiger partial charge in [0, 0.05) is 18.1 Å². The minimum absolute atomic E-state index is 0.230. The molecule has 0 amide bonds. The predicted octanol–water partition coefficient (Wildman–Crippen LogP) is 4.60. The normalized spacial score (nSPS) is 13.4. The Balaban J connectivity index is 1.84. The van der Waals surface area contributed by atoms with Crippen molar-refractivity contribution in [2.24, 2.45) is 0 Å². The van der Waals surface area contributed by atoms with Crippen LogP contribution in [0.2, 0.25) is 0 Å². The molecular formula is C24H24N2O2. The smallest absolute Gasteiger partial charge is 0.151 e. The van der Waals surface area contributed by atoms with Crippen LogP contribution in [-0.2, 0) is 0 Å². The van der Waals surface area contributed by atoms with Gasteiger partial charge in [-0.15, -0.1) is 0 Å². The van der Waals surface area contributed by atoms with Crippen LogP contribution in [0.15, 0.2) is 91.1 Å². The van der Waals surface area contributed by atoms with Crippen LogP contribution in [-0.4, -0.2) is 29.4 Å². The van der Waals surface area contributed by atoms with Gasteiger partial charge in [-0.05, 0) is 36.9 Å². The number of aliphatic hydroxyl groups excluding tert-OH is 1. The van der Waals surface area contributed by atoms with E-state index in [0.29, 0.717) is 6.54 Å². The average Bonchev–Trinajstić information content (AvgIpc) is 3.15. The third kappa shape index (κ3) is 3.65. The Morgan fingerprint density at radius 1 is 0.893 bits per heavy atom. The third-order valence-electron chi connectivity index (χ3n) is 4.89. The second kappa shape index (κ2) is 8.30. The predicted molar refractivity (Wildman–Crippen MR) is 113 cm³/mol. The van der Waals surface area contributed by atoms with Gasteiger partial charge >= 0.3 is 0 Å². The van der Waals surface area contributed by atoms with Gasteiger partial charge in [0.15, 0.2) is 5.75 Å². The lowest BCUT2D eigenvalue weighted by atomic mass is 10.0. The highest BCUT2D eigenvalue weighted by Gasteiger charge is 2.25. The fourth-order valence-corrected chi connectivity index (χ4v) is 3.65. The molecule has 4 rings (SSSR count). The average molecular weight is 372 g/mol. The van der Waals surface area contributed by atoms with Crippen molar-refractivity contribution in [3.8, 4) is 11.5 Å². The minimum atomic E-state index is -0.590. The van der Waals surface area contributed by atoms with Crippen molar-refractivity contribution >= 4 is 10.9 Å². The van der Waals surface area contributed by atoms with Gasteiger partial charge in [0.2, 0.25) is 0 Å². The molecule has 0 unspecified atom stereocenters. The van der Waals surface area contributed by atoms with E-state index in [-0.39, 0.29) is 6.04 Å². The summed E-state index contributed by atoms with van der Waals surface area (Å²) >= 11 is 0. The molecule has 0 bridgehead atoms. The van der Waals surface area contributed by atoms with Gasteiger partial charge in [0.1, 0.15) is 5.75 Å². The summed E-state index contributed by atoms with van der Waals surface area (Å²) in [5.74, 6) is 1.56. The van der Waals surface area contributed by atoms with Crippen molar-refractivity contribution in [3.05, 3.63) is 96.7 Å². The largest absolute Gasteiger partial charge is 0.455 e. The topological polar surface area (TPSA) is 46.4 Å². The van der Waals surface area contributed by atoms with E-state index in [2.05, 4.69) is 34.1 Å². The van der Waals surface area contributed by atoms with E-state index in [4.69, 9.17) is 4.74 Å². The van der Waals surface area contributed by atoms with Crippen molar-refractivity contribution < 1.29 is 9.84 Å². The van der Waals surface area contributed by atoms with E-state index in [1.807, 2.05) is 73.9 Å². The van der Waals surface area contributed by atoms with Crippen molar-refractivity contribution in [1.29, 1.82) is 0 Å². The number of hydrogen-bond acceptors (Lipinski definition) is 3. The number of fused-ring (bicyclic) bond motifs is 1. The monoisotopic (exact) mass is 372 g/mol. The lowest BCUT2D eigenvalue weighted by Crippen LogP contribution is -2.33. The number of aromatic nitrogens is 1. The molecule has 4 aromatic rings. The molecule has 0 fully saturated rings. The second-order valence-corrected chi connectivity index (χ2v) is 6.81. The molecule has 2 atom stereocenters. The Morgan fingerprint density at radius 2 is 1.61 bits per heavy atom. The number of benzene rings is 3. The number of likely N-dealkylation sites (N-methyl/N-ethyl adjacent to an activating group) is 1. The van der Waals surface area contributed by atoms with Crippen LogP contribution in [0.1, 0.15) is 11.6 Å². The maximum atomic E-state index is 11.0. The van der Waals surface area contributed by atoms with Crippen LogP contribution in [0.3, 0.4) is 0 Å². The van der Waals surface area contributed by atoms with Gasteiger partial charge in [0.05, 0.1) is 17.7 Å². The number of ether oxygens (including phenoxy) is 1. The molecule has 2 N–H and O–H groups in total. The van der Waals surface area contributed by atoms with Crippen molar-refractivity contribution in [1.82, 2.24) is 9.88 Å². The fourth-order valence-electron chi connectivity index (χ4n) is 3.65. The lowest BCUT2D eigenvalue weighted by Gasteiger charge is -2.26. The molecule has 4 nitrogen and oxygen atoms in total. The molecule has 1 aromatic heterocycles. The summed E-state index contributed by atoms with van der Waals surface area (Å²) < 4.78 is 8.31. The number of nitrogens with zero attached hydrogens (tertiary/aromatic N) is 1. The highest BCUT2D eigenvalue weighted by atomic mass is 16.5. The molecule has 0 radical (unpaired) electrons. The molecule has 4 heteroatoms. The minimum Gasteiger partial charge on any atom is -0.455 e. The molecule has 0 saturated carbocycles. The number of nitrogens with one attached hydrogen (secondary N) is 1. The van der Waals surface area contributed by atoms with E-state index in [9.17, 15) is 5.11 Å². The van der Waals surface area contributed by atoms with Gasteiger partial charge in [0.25, 0.3) is 0 Å². The molecule has 0 aliphatic carbocycles. The zero-order valence-electron chi connectivity index (χ0n) is 15.8. The van der Waals surface area contributed by atoms with Crippen LogP contribution >= 0.6 is 0 Å². The highest BCUT2D eigenvalue weighted by molar-refractivity contribution is 5.86. The van der Waals surface area contributed by atoms with Crippen LogP contribution in [0.5, 0.6) is 11.5 Å². The first-order valence-corrected chi connectivity index (χ1v) is 9.48. The Morgan fingerprint density at radius 3 is 2.32 bits per heavy atom. The van der Waals surface area contributed by atoms with E-state index < -0.39 is 6.10 Å². The molecule has 1 heterocycles. The van der Waals surface area contributed by atoms with Crippen LogP contribution in [0, 0.1) is 0 Å². The van der Waals surface area contributed by atoms with E-state index in [1.165, 1.54) is 0 Å². The molecule has 0 spiro atoms. The van der Waals surface area contributed by atoms with E-state index >= 15 is 0 Å². The zero-order valence-corrected chi connectivity index (χ0v) is 15.8. The standard InChI is InChI=1S/C24H24N2O2/c1-25-17-21(27)23(18-9-4-2-5-10-18)26-16-15-19-11-8-14-22(24(19)26)28-20-12-6-3-7-13-20/h2-16,21,23,25,27H,17H2,1H3/t21-,23+/m1/s1. The first kappa shape index (κ1) is 18.3.